The summed E-state index contributed by atoms with van der Waals surface area (Å²) < 4.78 is 5.74. The lowest BCUT2D eigenvalue weighted by atomic mass is 9.91. The lowest BCUT2D eigenvalue weighted by molar-refractivity contribution is 0.118. The summed E-state index contributed by atoms with van der Waals surface area (Å²) in [7, 11) is 0. The van der Waals surface area contributed by atoms with Crippen molar-refractivity contribution in [1.29, 1.82) is 0 Å². The topological polar surface area (TPSA) is 9.23 Å². The van der Waals surface area contributed by atoms with Crippen LogP contribution in [-0.4, -0.2) is 13.2 Å². The Balaban J connectivity index is 3.01. The van der Waals surface area contributed by atoms with E-state index < -0.39 is 0 Å². The molecular formula is C24H50O. The summed E-state index contributed by atoms with van der Waals surface area (Å²) in [5.74, 6) is 0. The maximum atomic E-state index is 5.74. The van der Waals surface area contributed by atoms with E-state index in [1.54, 1.807) is 0 Å². The fraction of sp³-hybridized carbons (Fsp3) is 1.00. The van der Waals surface area contributed by atoms with E-state index in [2.05, 4.69) is 27.7 Å². The standard InChI is InChI=1S/C24H50O/c1-5-6-7-8-9-10-11-12-13-14-15-16-17-18-19-22-25-23-20-21-24(2,3)4/h5-23H2,1-4H3. The van der Waals surface area contributed by atoms with E-state index in [4.69, 9.17) is 4.74 Å². The van der Waals surface area contributed by atoms with Gasteiger partial charge in [0, 0.05) is 13.2 Å². The van der Waals surface area contributed by atoms with Crippen LogP contribution in [0.25, 0.3) is 0 Å². The number of rotatable bonds is 19. The summed E-state index contributed by atoms with van der Waals surface area (Å²) >= 11 is 0. The molecule has 0 heterocycles. The third-order valence-corrected chi connectivity index (χ3v) is 5.11. The second kappa shape index (κ2) is 18.7. The van der Waals surface area contributed by atoms with Crippen LogP contribution in [0.15, 0.2) is 0 Å². The summed E-state index contributed by atoms with van der Waals surface area (Å²) in [5, 5.41) is 0. The van der Waals surface area contributed by atoms with Gasteiger partial charge >= 0.3 is 0 Å². The Morgan fingerprint density at radius 2 is 0.840 bits per heavy atom. The van der Waals surface area contributed by atoms with Crippen molar-refractivity contribution in [3.8, 4) is 0 Å². The zero-order valence-corrected chi connectivity index (χ0v) is 18.3. The highest BCUT2D eigenvalue weighted by atomic mass is 16.5. The van der Waals surface area contributed by atoms with E-state index >= 15 is 0 Å². The SMILES string of the molecule is CCCCCCCCCCCCCCCCCOCCCC(C)(C)C. The van der Waals surface area contributed by atoms with Crippen LogP contribution in [0.5, 0.6) is 0 Å². The molecule has 0 spiro atoms. The first-order valence-corrected chi connectivity index (χ1v) is 11.6. The third-order valence-electron chi connectivity index (χ3n) is 5.11. The largest absolute Gasteiger partial charge is 0.381 e. The number of ether oxygens (including phenoxy) is 1. The van der Waals surface area contributed by atoms with Crippen molar-refractivity contribution >= 4 is 0 Å². The zero-order chi connectivity index (χ0) is 18.6. The summed E-state index contributed by atoms with van der Waals surface area (Å²) in [6.45, 7) is 11.1. The molecule has 0 N–H and O–H groups in total. The van der Waals surface area contributed by atoms with Gasteiger partial charge in [0.05, 0.1) is 0 Å². The zero-order valence-electron chi connectivity index (χ0n) is 18.3. The molecule has 25 heavy (non-hydrogen) atoms. The smallest absolute Gasteiger partial charge is 0.0466 e. The van der Waals surface area contributed by atoms with Crippen molar-refractivity contribution in [3.63, 3.8) is 0 Å². The van der Waals surface area contributed by atoms with Gasteiger partial charge in [-0.3, -0.25) is 0 Å². The third kappa shape index (κ3) is 24.0. The first kappa shape index (κ1) is 25.0. The van der Waals surface area contributed by atoms with Gasteiger partial charge in [-0.15, -0.1) is 0 Å². The Kier molecular flexibility index (Phi) is 18.7. The van der Waals surface area contributed by atoms with Gasteiger partial charge in [0.2, 0.25) is 0 Å². The van der Waals surface area contributed by atoms with Crippen LogP contribution in [0, 0.1) is 5.41 Å². The Morgan fingerprint density at radius 3 is 1.24 bits per heavy atom. The monoisotopic (exact) mass is 354 g/mol. The van der Waals surface area contributed by atoms with Crippen molar-refractivity contribution in [2.24, 2.45) is 5.41 Å². The van der Waals surface area contributed by atoms with E-state index in [-0.39, 0.29) is 0 Å². The first-order chi connectivity index (χ1) is 12.1. The highest BCUT2D eigenvalue weighted by Crippen LogP contribution is 2.20. The molecule has 0 radical (unpaired) electrons. The van der Waals surface area contributed by atoms with Crippen molar-refractivity contribution in [2.75, 3.05) is 13.2 Å². The molecule has 0 amide bonds. The van der Waals surface area contributed by atoms with Crippen LogP contribution >= 0.6 is 0 Å². The minimum absolute atomic E-state index is 0.456. The minimum atomic E-state index is 0.456. The lowest BCUT2D eigenvalue weighted by Gasteiger charge is -2.17. The molecule has 1 heteroatoms. The van der Waals surface area contributed by atoms with Gasteiger partial charge in [0.25, 0.3) is 0 Å². The van der Waals surface area contributed by atoms with Gasteiger partial charge < -0.3 is 4.74 Å². The molecule has 0 aliphatic heterocycles. The summed E-state index contributed by atoms with van der Waals surface area (Å²) in [4.78, 5) is 0. The van der Waals surface area contributed by atoms with Gasteiger partial charge in [-0.1, -0.05) is 118 Å². The lowest BCUT2D eigenvalue weighted by Crippen LogP contribution is -2.07. The second-order valence-electron chi connectivity index (χ2n) is 9.23. The van der Waals surface area contributed by atoms with E-state index in [9.17, 15) is 0 Å². The van der Waals surface area contributed by atoms with Crippen molar-refractivity contribution < 1.29 is 4.74 Å². The maximum absolute atomic E-state index is 5.74. The van der Waals surface area contributed by atoms with Gasteiger partial charge in [-0.2, -0.15) is 0 Å². The second-order valence-corrected chi connectivity index (χ2v) is 9.23. The highest BCUT2D eigenvalue weighted by Gasteiger charge is 2.08. The Labute approximate surface area is 160 Å². The normalized spacial score (nSPS) is 12.0. The van der Waals surface area contributed by atoms with Crippen molar-refractivity contribution in [2.45, 2.75) is 137 Å². The maximum Gasteiger partial charge on any atom is 0.0466 e. The highest BCUT2D eigenvalue weighted by molar-refractivity contribution is 4.60. The minimum Gasteiger partial charge on any atom is -0.381 e. The fourth-order valence-electron chi connectivity index (χ4n) is 3.38. The van der Waals surface area contributed by atoms with Gasteiger partial charge in [-0.05, 0) is 24.7 Å². The Morgan fingerprint density at radius 1 is 0.480 bits per heavy atom. The molecule has 0 fully saturated rings. The Hall–Kier alpha value is -0.0400. The quantitative estimate of drug-likeness (QED) is 0.211. The van der Waals surface area contributed by atoms with Crippen LogP contribution in [-0.2, 0) is 4.74 Å². The van der Waals surface area contributed by atoms with E-state index in [1.807, 2.05) is 0 Å². The van der Waals surface area contributed by atoms with Gasteiger partial charge in [0.15, 0.2) is 0 Å². The molecule has 0 saturated heterocycles. The average molecular weight is 355 g/mol. The first-order valence-electron chi connectivity index (χ1n) is 11.6. The molecule has 0 aliphatic rings. The van der Waals surface area contributed by atoms with Gasteiger partial charge in [-0.25, -0.2) is 0 Å². The predicted octanol–water partition coefficient (Wildman–Crippen LogP) is 8.70. The molecule has 1 nitrogen and oxygen atoms in total. The number of hydrogen-bond donors (Lipinski definition) is 0. The van der Waals surface area contributed by atoms with Gasteiger partial charge in [0.1, 0.15) is 0 Å². The van der Waals surface area contributed by atoms with Crippen LogP contribution in [0.2, 0.25) is 0 Å². The van der Waals surface area contributed by atoms with E-state index in [0.29, 0.717) is 5.41 Å². The summed E-state index contributed by atoms with van der Waals surface area (Å²) in [5.41, 5.74) is 0.456. The molecule has 0 aliphatic carbocycles. The van der Waals surface area contributed by atoms with Crippen LogP contribution in [0.1, 0.15) is 137 Å². The molecule has 0 saturated carbocycles. The predicted molar refractivity (Wildman–Crippen MR) is 114 cm³/mol. The number of unbranched alkanes of at least 4 members (excludes halogenated alkanes) is 14. The van der Waals surface area contributed by atoms with E-state index in [1.165, 1.54) is 109 Å². The molecule has 0 unspecified atom stereocenters. The average Bonchev–Trinajstić information content (AvgIpc) is 2.56. The molecule has 0 aromatic carbocycles. The van der Waals surface area contributed by atoms with Crippen molar-refractivity contribution in [3.05, 3.63) is 0 Å². The summed E-state index contributed by atoms with van der Waals surface area (Å²) in [6.07, 6.45) is 23.9. The molecule has 0 atom stereocenters. The summed E-state index contributed by atoms with van der Waals surface area (Å²) in [6, 6.07) is 0. The van der Waals surface area contributed by atoms with Crippen molar-refractivity contribution in [1.82, 2.24) is 0 Å². The molecule has 0 rings (SSSR count). The fourth-order valence-corrected chi connectivity index (χ4v) is 3.38. The number of hydrogen-bond acceptors (Lipinski definition) is 1. The Bertz CT molecular complexity index is 241. The molecular weight excluding hydrogens is 304 g/mol. The van der Waals surface area contributed by atoms with Crippen LogP contribution in [0.4, 0.5) is 0 Å². The molecule has 0 bridgehead atoms. The molecule has 0 aromatic rings. The molecule has 152 valence electrons. The van der Waals surface area contributed by atoms with E-state index in [0.717, 1.165) is 13.2 Å². The van der Waals surface area contributed by atoms with Crippen LogP contribution in [0.3, 0.4) is 0 Å². The van der Waals surface area contributed by atoms with Crippen LogP contribution < -0.4 is 0 Å². The molecule has 0 aromatic heterocycles.